The molecule has 2 unspecified atom stereocenters. The van der Waals surface area contributed by atoms with Crippen LogP contribution in [0.3, 0.4) is 0 Å². The summed E-state index contributed by atoms with van der Waals surface area (Å²) in [7, 11) is -1.45. The fourth-order valence-corrected chi connectivity index (χ4v) is 5.53. The maximum atomic E-state index is 13.1. The highest BCUT2D eigenvalue weighted by atomic mass is 32.2. The van der Waals surface area contributed by atoms with Gasteiger partial charge in [0.2, 0.25) is 0 Å². The van der Waals surface area contributed by atoms with Crippen molar-refractivity contribution in [3.05, 3.63) is 47.2 Å². The van der Waals surface area contributed by atoms with E-state index in [1.54, 1.807) is 11.9 Å². The van der Waals surface area contributed by atoms with Gasteiger partial charge < -0.3 is 10.2 Å². The summed E-state index contributed by atoms with van der Waals surface area (Å²) in [6.45, 7) is 0.279. The molecule has 1 fully saturated rings. The van der Waals surface area contributed by atoms with Crippen LogP contribution < -0.4 is 5.32 Å². The molecule has 1 aromatic rings. The smallest absolute Gasteiger partial charge is 0.322 e. The number of hydrogen-bond acceptors (Lipinski definition) is 4. The van der Waals surface area contributed by atoms with E-state index >= 15 is 0 Å². The van der Waals surface area contributed by atoms with Crippen LogP contribution in [0.25, 0.3) is 0 Å². The predicted octanol–water partition coefficient (Wildman–Crippen LogP) is 0.666. The van der Waals surface area contributed by atoms with Crippen LogP contribution >= 0.6 is 0 Å². The minimum Gasteiger partial charge on any atom is -0.329 e. The number of amides is 3. The van der Waals surface area contributed by atoms with Gasteiger partial charge in [-0.3, -0.25) is 9.69 Å². The first-order valence-corrected chi connectivity index (χ1v) is 10.0. The molecule has 0 saturated carbocycles. The number of urea groups is 1. The molecule has 4 rings (SSSR count). The van der Waals surface area contributed by atoms with E-state index in [1.165, 1.54) is 4.90 Å². The first kappa shape index (κ1) is 16.1. The SMILES string of the molecule is CN1C(=O)NC(c2ccccc2)C2=C1CN(C1CCS(=O)(=O)C1)C2=O. The standard InChI is InChI=1S/C17H19N3O4S/c1-19-13-9-20(12-7-8-25(23,24)10-12)16(21)14(13)15(18-17(19)22)11-5-3-2-4-6-11/h2-6,12,15H,7-10H2,1H3,(H,18,22). The molecule has 0 bridgehead atoms. The van der Waals surface area contributed by atoms with Gasteiger partial charge in [-0.1, -0.05) is 30.3 Å². The van der Waals surface area contributed by atoms with Gasteiger partial charge in [0.25, 0.3) is 5.91 Å². The van der Waals surface area contributed by atoms with Gasteiger partial charge in [-0.2, -0.15) is 0 Å². The van der Waals surface area contributed by atoms with Crippen molar-refractivity contribution in [3.8, 4) is 0 Å². The van der Waals surface area contributed by atoms with Crippen LogP contribution in [-0.2, 0) is 14.6 Å². The molecule has 7 nitrogen and oxygen atoms in total. The van der Waals surface area contributed by atoms with Gasteiger partial charge in [0, 0.05) is 13.1 Å². The summed E-state index contributed by atoms with van der Waals surface area (Å²) in [5, 5.41) is 2.88. The molecule has 132 valence electrons. The molecular weight excluding hydrogens is 342 g/mol. The van der Waals surface area contributed by atoms with Crippen LogP contribution in [0.15, 0.2) is 41.6 Å². The highest BCUT2D eigenvalue weighted by Gasteiger charge is 2.46. The molecule has 3 heterocycles. The van der Waals surface area contributed by atoms with E-state index in [4.69, 9.17) is 0 Å². The second-order valence-electron chi connectivity index (χ2n) is 6.70. The Morgan fingerprint density at radius 2 is 1.88 bits per heavy atom. The Morgan fingerprint density at radius 1 is 1.16 bits per heavy atom. The molecule has 1 aromatic carbocycles. The third kappa shape index (κ3) is 2.60. The van der Waals surface area contributed by atoms with Crippen LogP contribution in [0, 0.1) is 0 Å². The monoisotopic (exact) mass is 361 g/mol. The quantitative estimate of drug-likeness (QED) is 0.839. The number of nitrogens with zero attached hydrogens (tertiary/aromatic N) is 2. The average molecular weight is 361 g/mol. The number of carbonyl (C=O) groups is 2. The Balaban J connectivity index is 1.70. The number of carbonyl (C=O) groups excluding carboxylic acids is 2. The third-order valence-corrected chi connectivity index (χ3v) is 6.92. The van der Waals surface area contributed by atoms with Crippen molar-refractivity contribution in [1.29, 1.82) is 0 Å². The fourth-order valence-electron chi connectivity index (χ4n) is 3.80. The average Bonchev–Trinajstić information content (AvgIpc) is 3.12. The van der Waals surface area contributed by atoms with E-state index in [1.807, 2.05) is 30.3 Å². The molecule has 0 aromatic heterocycles. The summed E-state index contributed by atoms with van der Waals surface area (Å²) < 4.78 is 23.6. The van der Waals surface area contributed by atoms with Gasteiger partial charge in [-0.05, 0) is 12.0 Å². The topological polar surface area (TPSA) is 86.8 Å². The zero-order valence-corrected chi connectivity index (χ0v) is 14.6. The lowest BCUT2D eigenvalue weighted by molar-refractivity contribution is -0.127. The van der Waals surface area contributed by atoms with E-state index in [2.05, 4.69) is 5.32 Å². The summed E-state index contributed by atoms with van der Waals surface area (Å²) in [5.74, 6) is -0.0699. The van der Waals surface area contributed by atoms with Gasteiger partial charge in [0.05, 0.1) is 35.4 Å². The Morgan fingerprint density at radius 3 is 2.52 bits per heavy atom. The van der Waals surface area contributed by atoms with Crippen molar-refractivity contribution < 1.29 is 18.0 Å². The molecular formula is C17H19N3O4S. The molecule has 3 amide bonds. The van der Waals surface area contributed by atoms with Gasteiger partial charge in [-0.25, -0.2) is 13.2 Å². The number of sulfone groups is 1. The minimum absolute atomic E-state index is 0.000390. The summed E-state index contributed by atoms with van der Waals surface area (Å²) in [6, 6.07) is 8.26. The summed E-state index contributed by atoms with van der Waals surface area (Å²) in [5.41, 5.74) is 2.04. The summed E-state index contributed by atoms with van der Waals surface area (Å²) in [4.78, 5) is 28.4. The first-order chi connectivity index (χ1) is 11.9. The number of hydrogen-bond donors (Lipinski definition) is 1. The number of rotatable bonds is 2. The van der Waals surface area contributed by atoms with Crippen molar-refractivity contribution in [2.24, 2.45) is 0 Å². The van der Waals surface area contributed by atoms with E-state index in [-0.39, 0.29) is 36.0 Å². The second-order valence-corrected chi connectivity index (χ2v) is 8.93. The molecule has 1 N–H and O–H groups in total. The van der Waals surface area contributed by atoms with Crippen molar-refractivity contribution in [3.63, 3.8) is 0 Å². The van der Waals surface area contributed by atoms with Crippen LogP contribution in [0.4, 0.5) is 4.79 Å². The molecule has 3 aliphatic heterocycles. The third-order valence-electron chi connectivity index (χ3n) is 5.17. The Bertz CT molecular complexity index is 878. The normalized spacial score (nSPS) is 28.4. The fraction of sp³-hybridized carbons (Fsp3) is 0.412. The van der Waals surface area contributed by atoms with Crippen LogP contribution in [0.1, 0.15) is 18.0 Å². The molecule has 3 aliphatic rings. The Labute approximate surface area is 146 Å². The lowest BCUT2D eigenvalue weighted by Gasteiger charge is -2.31. The van der Waals surface area contributed by atoms with Gasteiger partial charge in [-0.15, -0.1) is 0 Å². The van der Waals surface area contributed by atoms with Crippen molar-refractivity contribution in [1.82, 2.24) is 15.1 Å². The largest absolute Gasteiger partial charge is 0.329 e. The highest BCUT2D eigenvalue weighted by molar-refractivity contribution is 7.91. The first-order valence-electron chi connectivity index (χ1n) is 8.21. The zero-order chi connectivity index (χ0) is 17.8. The Hall–Kier alpha value is -2.35. The zero-order valence-electron chi connectivity index (χ0n) is 13.8. The molecule has 0 radical (unpaired) electrons. The van der Waals surface area contributed by atoms with Gasteiger partial charge in [0.15, 0.2) is 9.84 Å². The Kier molecular flexibility index (Phi) is 3.61. The number of nitrogens with one attached hydrogen (secondary N) is 1. The molecule has 8 heteroatoms. The minimum atomic E-state index is -3.09. The van der Waals surface area contributed by atoms with Crippen LogP contribution in [-0.4, -0.2) is 61.3 Å². The molecule has 0 aliphatic carbocycles. The molecule has 25 heavy (non-hydrogen) atoms. The van der Waals surface area contributed by atoms with Gasteiger partial charge >= 0.3 is 6.03 Å². The maximum Gasteiger partial charge on any atom is 0.322 e. The molecule has 1 saturated heterocycles. The highest BCUT2D eigenvalue weighted by Crippen LogP contribution is 2.37. The maximum absolute atomic E-state index is 13.1. The van der Waals surface area contributed by atoms with Crippen LogP contribution in [0.5, 0.6) is 0 Å². The van der Waals surface area contributed by atoms with Crippen molar-refractivity contribution >= 4 is 21.8 Å². The molecule has 0 spiro atoms. The van der Waals surface area contributed by atoms with E-state index < -0.39 is 15.9 Å². The second kappa shape index (κ2) is 5.59. The number of benzene rings is 1. The lowest BCUT2D eigenvalue weighted by Crippen LogP contribution is -2.45. The van der Waals surface area contributed by atoms with Crippen molar-refractivity contribution in [2.45, 2.75) is 18.5 Å². The predicted molar refractivity (Wildman–Crippen MR) is 91.3 cm³/mol. The van der Waals surface area contributed by atoms with E-state index in [0.29, 0.717) is 17.7 Å². The number of likely N-dealkylation sites (N-methyl/N-ethyl adjacent to an activating group) is 1. The summed E-state index contributed by atoms with van der Waals surface area (Å²) >= 11 is 0. The van der Waals surface area contributed by atoms with Gasteiger partial charge in [0.1, 0.15) is 0 Å². The van der Waals surface area contributed by atoms with E-state index in [9.17, 15) is 18.0 Å². The van der Waals surface area contributed by atoms with Crippen molar-refractivity contribution in [2.75, 3.05) is 25.1 Å². The summed E-state index contributed by atoms with van der Waals surface area (Å²) in [6.07, 6.45) is 0.454. The van der Waals surface area contributed by atoms with E-state index in [0.717, 1.165) is 5.56 Å². The lowest BCUT2D eigenvalue weighted by atomic mass is 9.96. The van der Waals surface area contributed by atoms with Crippen LogP contribution in [0.2, 0.25) is 0 Å². The molecule has 2 atom stereocenters.